The van der Waals surface area contributed by atoms with E-state index in [1.807, 2.05) is 24.6 Å². The molecule has 0 bridgehead atoms. The molecule has 0 aliphatic rings. The Hall–Kier alpha value is -0.870. The number of hydrogen-bond acceptors (Lipinski definition) is 3. The highest BCUT2D eigenvalue weighted by Gasteiger charge is 2.23. The van der Waals surface area contributed by atoms with Gasteiger partial charge in [0.1, 0.15) is 6.04 Å². The molecular formula is C12H20N2OS. The molecule has 2 N–H and O–H groups in total. The quantitative estimate of drug-likeness (QED) is 0.859. The number of rotatable bonds is 5. The third kappa shape index (κ3) is 3.06. The Morgan fingerprint density at radius 1 is 1.62 bits per heavy atom. The Balaban J connectivity index is 2.63. The average molecular weight is 240 g/mol. The van der Waals surface area contributed by atoms with Crippen molar-refractivity contribution in [1.82, 2.24) is 4.90 Å². The molecule has 90 valence electrons. The van der Waals surface area contributed by atoms with Gasteiger partial charge in [0.25, 0.3) is 0 Å². The molecule has 2 atom stereocenters. The minimum atomic E-state index is -0.510. The fraction of sp³-hybridized carbons (Fsp3) is 0.583. The molecule has 16 heavy (non-hydrogen) atoms. The maximum atomic E-state index is 12.1. The molecule has 3 nitrogen and oxygen atoms in total. The van der Waals surface area contributed by atoms with Gasteiger partial charge >= 0.3 is 0 Å². The van der Waals surface area contributed by atoms with Crippen molar-refractivity contribution >= 4 is 17.2 Å². The Morgan fingerprint density at radius 3 is 2.81 bits per heavy atom. The molecule has 0 aromatic carbocycles. The van der Waals surface area contributed by atoms with Crippen molar-refractivity contribution in [3.05, 3.63) is 22.4 Å². The second-order valence-electron chi connectivity index (χ2n) is 4.08. The summed E-state index contributed by atoms with van der Waals surface area (Å²) in [7, 11) is 1.83. The second kappa shape index (κ2) is 6.01. The van der Waals surface area contributed by atoms with Gasteiger partial charge in [0, 0.05) is 18.0 Å². The van der Waals surface area contributed by atoms with E-state index in [2.05, 4.69) is 13.8 Å². The molecule has 1 aromatic rings. The van der Waals surface area contributed by atoms with Crippen LogP contribution in [0.3, 0.4) is 0 Å². The molecule has 1 aromatic heterocycles. The summed E-state index contributed by atoms with van der Waals surface area (Å²) < 4.78 is 0. The zero-order chi connectivity index (χ0) is 12.1. The molecule has 0 saturated heterocycles. The topological polar surface area (TPSA) is 46.3 Å². The van der Waals surface area contributed by atoms with Crippen LogP contribution in [0.5, 0.6) is 0 Å². The summed E-state index contributed by atoms with van der Waals surface area (Å²) in [6.07, 6.45) is 2.09. The Bertz CT molecular complexity index is 324. The summed E-state index contributed by atoms with van der Waals surface area (Å²) in [4.78, 5) is 14.8. The fourth-order valence-electron chi connectivity index (χ4n) is 1.64. The Morgan fingerprint density at radius 2 is 2.31 bits per heavy atom. The van der Waals surface area contributed by atoms with E-state index in [9.17, 15) is 4.79 Å². The number of carbonyl (C=O) groups is 1. The van der Waals surface area contributed by atoms with Crippen LogP contribution in [0.15, 0.2) is 17.5 Å². The van der Waals surface area contributed by atoms with Gasteiger partial charge in [0.2, 0.25) is 5.91 Å². The number of thiophene rings is 1. The van der Waals surface area contributed by atoms with Crippen molar-refractivity contribution in [3.8, 4) is 0 Å². The van der Waals surface area contributed by atoms with Gasteiger partial charge in [0.15, 0.2) is 0 Å². The molecule has 0 aliphatic heterocycles. The highest BCUT2D eigenvalue weighted by molar-refractivity contribution is 7.10. The number of hydrogen-bond donors (Lipinski definition) is 1. The molecule has 0 radical (unpaired) electrons. The lowest BCUT2D eigenvalue weighted by Gasteiger charge is -2.27. The maximum Gasteiger partial charge on any atom is 0.244 e. The van der Waals surface area contributed by atoms with Gasteiger partial charge in [-0.25, -0.2) is 0 Å². The van der Waals surface area contributed by atoms with Gasteiger partial charge in [-0.15, -0.1) is 11.3 Å². The Labute approximate surface area is 101 Å². The Kier molecular flexibility index (Phi) is 4.96. The zero-order valence-corrected chi connectivity index (χ0v) is 11.0. The lowest BCUT2D eigenvalue weighted by atomic mass is 10.1. The van der Waals surface area contributed by atoms with Crippen LogP contribution in [-0.4, -0.2) is 23.9 Å². The number of nitrogens with zero attached hydrogens (tertiary/aromatic N) is 1. The van der Waals surface area contributed by atoms with Crippen LogP contribution in [0.2, 0.25) is 0 Å². The van der Waals surface area contributed by atoms with Gasteiger partial charge in [-0.1, -0.05) is 19.4 Å². The van der Waals surface area contributed by atoms with Crippen LogP contribution in [0.25, 0.3) is 0 Å². The second-order valence-corrected chi connectivity index (χ2v) is 5.06. The van der Waals surface area contributed by atoms with E-state index in [1.54, 1.807) is 4.90 Å². The minimum Gasteiger partial charge on any atom is -0.341 e. The maximum absolute atomic E-state index is 12.1. The van der Waals surface area contributed by atoms with E-state index < -0.39 is 6.04 Å². The number of carbonyl (C=O) groups excluding carboxylic acids is 1. The summed E-state index contributed by atoms with van der Waals surface area (Å²) in [5, 5.41) is 1.94. The molecule has 2 unspecified atom stereocenters. The molecule has 1 rings (SSSR count). The lowest BCUT2D eigenvalue weighted by Crippen LogP contribution is -2.40. The largest absolute Gasteiger partial charge is 0.341 e. The fourth-order valence-corrected chi connectivity index (χ4v) is 2.36. The molecule has 1 amide bonds. The first kappa shape index (κ1) is 13.2. The molecular weight excluding hydrogens is 220 g/mol. The van der Waals surface area contributed by atoms with Gasteiger partial charge in [-0.2, -0.15) is 0 Å². The number of nitrogens with two attached hydrogens (primary N) is 1. The van der Waals surface area contributed by atoms with Crippen molar-refractivity contribution in [2.75, 3.05) is 7.05 Å². The monoisotopic (exact) mass is 240 g/mol. The van der Waals surface area contributed by atoms with Crippen molar-refractivity contribution in [3.63, 3.8) is 0 Å². The standard InChI is InChI=1S/C12H20N2OS/c1-4-6-9(2)14(3)12(15)11(13)10-7-5-8-16-10/h5,7-9,11H,4,6,13H2,1-3H3. The SMILES string of the molecule is CCCC(C)N(C)C(=O)C(N)c1cccs1. The van der Waals surface area contributed by atoms with Gasteiger partial charge in [-0.05, 0) is 24.8 Å². The first-order valence-electron chi connectivity index (χ1n) is 5.63. The summed E-state index contributed by atoms with van der Waals surface area (Å²) in [6, 6.07) is 3.57. The summed E-state index contributed by atoms with van der Waals surface area (Å²) in [6.45, 7) is 4.18. The number of amides is 1. The molecule has 0 aliphatic carbocycles. The molecule has 0 fully saturated rings. The van der Waals surface area contributed by atoms with Crippen LogP contribution in [-0.2, 0) is 4.79 Å². The van der Waals surface area contributed by atoms with E-state index in [0.29, 0.717) is 0 Å². The molecule has 1 heterocycles. The summed E-state index contributed by atoms with van der Waals surface area (Å²) >= 11 is 1.53. The van der Waals surface area contributed by atoms with Crippen LogP contribution in [0.4, 0.5) is 0 Å². The smallest absolute Gasteiger partial charge is 0.244 e. The molecule has 0 spiro atoms. The van der Waals surface area contributed by atoms with Crippen LogP contribution in [0, 0.1) is 0 Å². The van der Waals surface area contributed by atoms with Crippen LogP contribution in [0.1, 0.15) is 37.6 Å². The lowest BCUT2D eigenvalue weighted by molar-refractivity contribution is -0.133. The van der Waals surface area contributed by atoms with Crippen molar-refractivity contribution in [2.24, 2.45) is 5.73 Å². The third-order valence-corrected chi connectivity index (χ3v) is 3.79. The first-order chi connectivity index (χ1) is 7.57. The third-order valence-electron chi connectivity index (χ3n) is 2.83. The molecule has 0 saturated carbocycles. The van der Waals surface area contributed by atoms with Crippen molar-refractivity contribution in [2.45, 2.75) is 38.8 Å². The van der Waals surface area contributed by atoms with Gasteiger partial charge in [0.05, 0.1) is 0 Å². The number of likely N-dealkylation sites (N-methyl/N-ethyl adjacent to an activating group) is 1. The van der Waals surface area contributed by atoms with Gasteiger partial charge < -0.3 is 10.6 Å². The normalized spacial score (nSPS) is 14.5. The highest BCUT2D eigenvalue weighted by Crippen LogP contribution is 2.19. The zero-order valence-electron chi connectivity index (χ0n) is 10.1. The van der Waals surface area contributed by atoms with Crippen LogP contribution >= 0.6 is 11.3 Å². The van der Waals surface area contributed by atoms with E-state index in [1.165, 1.54) is 11.3 Å². The van der Waals surface area contributed by atoms with Crippen molar-refractivity contribution in [1.29, 1.82) is 0 Å². The van der Waals surface area contributed by atoms with Gasteiger partial charge in [-0.3, -0.25) is 4.79 Å². The van der Waals surface area contributed by atoms with Crippen molar-refractivity contribution < 1.29 is 4.79 Å². The summed E-state index contributed by atoms with van der Waals surface area (Å²) in [5.41, 5.74) is 5.94. The van der Waals surface area contributed by atoms with E-state index >= 15 is 0 Å². The van der Waals surface area contributed by atoms with E-state index in [0.717, 1.165) is 17.7 Å². The average Bonchev–Trinajstić information content (AvgIpc) is 2.79. The van der Waals surface area contributed by atoms with Crippen LogP contribution < -0.4 is 5.73 Å². The minimum absolute atomic E-state index is 0.00315. The highest BCUT2D eigenvalue weighted by atomic mass is 32.1. The predicted molar refractivity (Wildman–Crippen MR) is 68.4 cm³/mol. The van der Waals surface area contributed by atoms with E-state index in [-0.39, 0.29) is 11.9 Å². The molecule has 4 heteroatoms. The van der Waals surface area contributed by atoms with E-state index in [4.69, 9.17) is 5.73 Å². The summed E-state index contributed by atoms with van der Waals surface area (Å²) in [5.74, 6) is 0.00315. The first-order valence-corrected chi connectivity index (χ1v) is 6.51. The predicted octanol–water partition coefficient (Wildman–Crippen LogP) is 2.39.